The Bertz CT molecular complexity index is 267. The van der Waals surface area contributed by atoms with Gasteiger partial charge in [0.05, 0.1) is 0 Å². The van der Waals surface area contributed by atoms with E-state index in [0.29, 0.717) is 15.0 Å². The van der Waals surface area contributed by atoms with E-state index in [4.69, 9.17) is 0 Å². The number of rotatable bonds is 4. The molecule has 70 valence electrons. The predicted molar refractivity (Wildman–Crippen MR) is 59.5 cm³/mol. The van der Waals surface area contributed by atoms with E-state index in [2.05, 4.69) is 49.8 Å². The van der Waals surface area contributed by atoms with Crippen LogP contribution in [0.1, 0.15) is 0 Å². The van der Waals surface area contributed by atoms with E-state index in [0.717, 1.165) is 6.54 Å². The Morgan fingerprint density at radius 3 is 2.46 bits per heavy atom. The van der Waals surface area contributed by atoms with Gasteiger partial charge in [-0.3, -0.25) is 0 Å². The van der Waals surface area contributed by atoms with Crippen molar-refractivity contribution in [3.8, 4) is 0 Å². The van der Waals surface area contributed by atoms with E-state index in [1.165, 1.54) is 8.93 Å². The second-order valence-electron chi connectivity index (χ2n) is 3.19. The third-order valence-corrected chi connectivity index (χ3v) is 3.44. The molecule has 1 aromatic rings. The maximum atomic E-state index is 4.08. The Hall–Kier alpha value is -0.561. The fourth-order valence-electron chi connectivity index (χ4n) is 1.04. The third kappa shape index (κ3) is 4.28. The van der Waals surface area contributed by atoms with Crippen molar-refractivity contribution >= 4 is 19.4 Å². The third-order valence-electron chi connectivity index (χ3n) is 1.50. The fourth-order valence-corrected chi connectivity index (χ4v) is 3.03. The Kier molecular flexibility index (Phi) is 4.23. The van der Waals surface area contributed by atoms with Crippen LogP contribution in [0.25, 0.3) is 0 Å². The molecule has 0 N–H and O–H groups in total. The molecule has 0 radical (unpaired) electrons. The summed E-state index contributed by atoms with van der Waals surface area (Å²) in [5, 5.41) is 0. The van der Waals surface area contributed by atoms with Crippen molar-refractivity contribution in [1.29, 1.82) is 0 Å². The molecule has 0 unspecified atom stereocenters. The molecule has 0 bridgehead atoms. The first kappa shape index (κ1) is 10.5. The van der Waals surface area contributed by atoms with Crippen molar-refractivity contribution in [3.05, 3.63) is 41.4 Å². The molecule has 1 rings (SSSR count). The molecule has 0 fully saturated rings. The molecule has 0 heterocycles. The van der Waals surface area contributed by atoms with E-state index < -0.39 is 0 Å². The van der Waals surface area contributed by atoms with Gasteiger partial charge in [0.2, 0.25) is 0 Å². The summed E-state index contributed by atoms with van der Waals surface area (Å²) in [6.45, 7) is 5.07. The van der Waals surface area contributed by atoms with Gasteiger partial charge in [0.1, 0.15) is 0 Å². The fraction of sp³-hybridized carbons (Fsp3) is 0.273. The van der Waals surface area contributed by atoms with Crippen molar-refractivity contribution in [2.45, 2.75) is 0 Å². The molecule has 0 aliphatic heterocycles. The molecule has 0 saturated heterocycles. The molecule has 0 saturated carbocycles. The molecule has 1 aromatic carbocycles. The van der Waals surface area contributed by atoms with Gasteiger partial charge < -0.3 is 0 Å². The molecule has 0 amide bonds. The summed E-state index contributed by atoms with van der Waals surface area (Å²) in [6, 6.07) is 10.6. The van der Waals surface area contributed by atoms with Crippen LogP contribution in [0, 0.1) is 0 Å². The zero-order valence-electron chi connectivity index (χ0n) is 8.16. The Morgan fingerprint density at radius 2 is 1.92 bits per heavy atom. The average molecular weight is 240 g/mol. The van der Waals surface area contributed by atoms with Crippen molar-refractivity contribution in [2.24, 2.45) is 0 Å². The van der Waals surface area contributed by atoms with E-state index in [1.54, 1.807) is 0 Å². The first-order valence-corrected chi connectivity index (χ1v) is 5.95. The van der Waals surface area contributed by atoms with Crippen molar-refractivity contribution < 1.29 is 0 Å². The van der Waals surface area contributed by atoms with Crippen LogP contribution < -0.4 is 4.46 Å². The predicted octanol–water partition coefficient (Wildman–Crippen LogP) is 1.09. The number of likely N-dealkylation sites (N-methyl/N-ethyl adjacent to an activating group) is 1. The van der Waals surface area contributed by atoms with Crippen LogP contribution in [-0.4, -0.2) is 40.5 Å². The SMILES string of the molecule is C=C(CN(C)C)[Se]c1ccccc1. The van der Waals surface area contributed by atoms with Gasteiger partial charge in [0, 0.05) is 0 Å². The summed E-state index contributed by atoms with van der Waals surface area (Å²) in [5.41, 5.74) is 0. The molecule has 1 nitrogen and oxygen atoms in total. The van der Waals surface area contributed by atoms with E-state index in [1.807, 2.05) is 6.07 Å². The minimum atomic E-state index is 0.422. The second kappa shape index (κ2) is 5.23. The molecule has 0 aliphatic carbocycles. The van der Waals surface area contributed by atoms with Gasteiger partial charge in [-0.05, 0) is 0 Å². The molecule has 0 aliphatic rings. The van der Waals surface area contributed by atoms with Crippen LogP contribution >= 0.6 is 0 Å². The van der Waals surface area contributed by atoms with E-state index >= 15 is 0 Å². The molecule has 0 aromatic heterocycles. The van der Waals surface area contributed by atoms with Crippen molar-refractivity contribution in [3.63, 3.8) is 0 Å². The standard InChI is InChI=1S/C11H15NSe/c1-10(9-12(2)3)13-11-7-5-4-6-8-11/h4-8H,1,9H2,2-3H3. The van der Waals surface area contributed by atoms with E-state index in [-0.39, 0.29) is 0 Å². The molecule has 0 spiro atoms. The number of hydrogen-bond donors (Lipinski definition) is 0. The summed E-state index contributed by atoms with van der Waals surface area (Å²) in [5.74, 6) is 0. The quantitative estimate of drug-likeness (QED) is 0.712. The monoisotopic (exact) mass is 241 g/mol. The summed E-state index contributed by atoms with van der Waals surface area (Å²) in [7, 11) is 4.15. The van der Waals surface area contributed by atoms with Gasteiger partial charge in [-0.15, -0.1) is 0 Å². The van der Waals surface area contributed by atoms with Gasteiger partial charge in [0.15, 0.2) is 0 Å². The topological polar surface area (TPSA) is 3.24 Å². The summed E-state index contributed by atoms with van der Waals surface area (Å²) >= 11 is 0.422. The van der Waals surface area contributed by atoms with Crippen molar-refractivity contribution in [1.82, 2.24) is 4.90 Å². The van der Waals surface area contributed by atoms with Crippen molar-refractivity contribution in [2.75, 3.05) is 20.6 Å². The van der Waals surface area contributed by atoms with Crippen LogP contribution in [0.4, 0.5) is 0 Å². The Labute approximate surface area is 86.6 Å². The number of hydrogen-bond acceptors (Lipinski definition) is 1. The van der Waals surface area contributed by atoms with Gasteiger partial charge in [0.25, 0.3) is 0 Å². The van der Waals surface area contributed by atoms with Crippen LogP contribution in [-0.2, 0) is 0 Å². The average Bonchev–Trinajstić information content (AvgIpc) is 2.04. The minimum absolute atomic E-state index is 0.422. The summed E-state index contributed by atoms with van der Waals surface area (Å²) in [6.07, 6.45) is 0. The van der Waals surface area contributed by atoms with Crippen LogP contribution in [0.15, 0.2) is 41.4 Å². The molecular weight excluding hydrogens is 225 g/mol. The zero-order chi connectivity index (χ0) is 9.68. The van der Waals surface area contributed by atoms with Crippen LogP contribution in [0.2, 0.25) is 0 Å². The van der Waals surface area contributed by atoms with Crippen LogP contribution in [0.3, 0.4) is 0 Å². The summed E-state index contributed by atoms with van der Waals surface area (Å²) < 4.78 is 2.73. The van der Waals surface area contributed by atoms with Gasteiger partial charge in [-0.2, -0.15) is 0 Å². The van der Waals surface area contributed by atoms with Gasteiger partial charge >= 0.3 is 86.3 Å². The molecule has 0 atom stereocenters. The van der Waals surface area contributed by atoms with Crippen LogP contribution in [0.5, 0.6) is 0 Å². The second-order valence-corrected chi connectivity index (χ2v) is 5.82. The van der Waals surface area contributed by atoms with Gasteiger partial charge in [-0.25, -0.2) is 0 Å². The molecule has 13 heavy (non-hydrogen) atoms. The summed E-state index contributed by atoms with van der Waals surface area (Å²) in [4.78, 5) is 2.16. The first-order chi connectivity index (χ1) is 6.18. The van der Waals surface area contributed by atoms with Gasteiger partial charge in [-0.1, -0.05) is 0 Å². The molecular formula is C11H15NSe. The maximum absolute atomic E-state index is 4.08. The van der Waals surface area contributed by atoms with E-state index in [9.17, 15) is 0 Å². The number of benzene rings is 1. The normalized spacial score (nSPS) is 10.4. The zero-order valence-corrected chi connectivity index (χ0v) is 9.87. The Morgan fingerprint density at radius 1 is 1.31 bits per heavy atom. The Balaban J connectivity index is 2.46. The number of nitrogens with zero attached hydrogens (tertiary/aromatic N) is 1. The molecule has 2 heteroatoms. The first-order valence-electron chi connectivity index (χ1n) is 4.24.